The van der Waals surface area contributed by atoms with Crippen LogP contribution in [0, 0.1) is 0 Å². The molecule has 4 nitrogen and oxygen atoms in total. The van der Waals surface area contributed by atoms with E-state index in [0.717, 1.165) is 83.5 Å². The Morgan fingerprint density at radius 1 is 0.490 bits per heavy atom. The van der Waals surface area contributed by atoms with Crippen LogP contribution in [-0.2, 0) is 4.79 Å². The van der Waals surface area contributed by atoms with Crippen LogP contribution in [-0.4, -0.2) is 34.9 Å². The Morgan fingerprint density at radius 3 is 1.37 bits per heavy atom. The fourth-order valence-electron chi connectivity index (χ4n) is 5.33. The summed E-state index contributed by atoms with van der Waals surface area (Å²) in [7, 11) is 0. The van der Waals surface area contributed by atoms with Crippen molar-refractivity contribution in [2.24, 2.45) is 0 Å². The highest BCUT2D eigenvalue weighted by molar-refractivity contribution is 5.76. The number of aliphatic hydroxyl groups excluding tert-OH is 2. The van der Waals surface area contributed by atoms with Crippen LogP contribution in [0.1, 0.15) is 162 Å². The Bertz CT molecular complexity index is 1030. The van der Waals surface area contributed by atoms with E-state index in [2.05, 4.69) is 116 Å². The van der Waals surface area contributed by atoms with Gasteiger partial charge in [-0.2, -0.15) is 0 Å². The van der Waals surface area contributed by atoms with Gasteiger partial charge in [-0.05, 0) is 83.5 Å². The van der Waals surface area contributed by atoms with E-state index < -0.39 is 12.1 Å². The summed E-state index contributed by atoms with van der Waals surface area (Å²) in [6.07, 6.45) is 63.4. The van der Waals surface area contributed by atoms with Crippen LogP contribution in [0.25, 0.3) is 0 Å². The van der Waals surface area contributed by atoms with Gasteiger partial charge in [-0.3, -0.25) is 4.79 Å². The second-order valence-corrected chi connectivity index (χ2v) is 13.3. The van der Waals surface area contributed by atoms with E-state index in [-0.39, 0.29) is 12.5 Å². The molecule has 2 unspecified atom stereocenters. The van der Waals surface area contributed by atoms with Gasteiger partial charge in [0, 0.05) is 6.42 Å². The van der Waals surface area contributed by atoms with Gasteiger partial charge in [0.15, 0.2) is 0 Å². The van der Waals surface area contributed by atoms with E-state index >= 15 is 0 Å². The summed E-state index contributed by atoms with van der Waals surface area (Å²) >= 11 is 0. The highest BCUT2D eigenvalue weighted by atomic mass is 16.3. The summed E-state index contributed by atoms with van der Waals surface area (Å²) in [5.41, 5.74) is 0. The molecule has 0 aliphatic heterocycles. The van der Waals surface area contributed by atoms with Crippen molar-refractivity contribution in [1.29, 1.82) is 0 Å². The molecule has 0 spiro atoms. The molecule has 4 heteroatoms. The van der Waals surface area contributed by atoms with Crippen molar-refractivity contribution < 1.29 is 15.0 Å². The fraction of sp³-hybridized carbons (Fsp3) is 0.596. The Balaban J connectivity index is 3.63. The third-order valence-corrected chi connectivity index (χ3v) is 8.49. The van der Waals surface area contributed by atoms with Gasteiger partial charge in [-0.1, -0.05) is 181 Å². The second kappa shape index (κ2) is 41.5. The smallest absolute Gasteiger partial charge is 0.220 e. The normalized spacial score (nSPS) is 14.2. The van der Waals surface area contributed by atoms with Crippen molar-refractivity contribution in [3.05, 3.63) is 109 Å². The van der Waals surface area contributed by atoms with E-state index in [4.69, 9.17) is 0 Å². The lowest BCUT2D eigenvalue weighted by atomic mass is 10.1. The minimum atomic E-state index is -0.868. The number of aliphatic hydroxyl groups is 2. The van der Waals surface area contributed by atoms with E-state index in [1.807, 2.05) is 6.08 Å². The first-order valence-electron chi connectivity index (χ1n) is 20.6. The van der Waals surface area contributed by atoms with E-state index in [1.165, 1.54) is 57.8 Å². The average molecular weight is 704 g/mol. The van der Waals surface area contributed by atoms with Gasteiger partial charge in [0.1, 0.15) is 0 Å². The molecule has 0 rings (SSSR count). The number of rotatable bonds is 35. The predicted molar refractivity (Wildman–Crippen MR) is 225 cm³/mol. The quantitative estimate of drug-likeness (QED) is 0.0454. The van der Waals surface area contributed by atoms with Crippen LogP contribution < -0.4 is 5.32 Å². The molecule has 0 aliphatic carbocycles. The fourth-order valence-corrected chi connectivity index (χ4v) is 5.33. The zero-order chi connectivity index (χ0) is 37.1. The van der Waals surface area contributed by atoms with Crippen LogP contribution >= 0.6 is 0 Å². The molecule has 1 amide bonds. The number of unbranched alkanes of at least 4 members (excludes halogenated alkanes) is 12. The van der Waals surface area contributed by atoms with Crippen LogP contribution in [0.5, 0.6) is 0 Å². The third kappa shape index (κ3) is 38.1. The Hall–Kier alpha value is -2.95. The molecule has 0 saturated heterocycles. The molecule has 2 atom stereocenters. The highest BCUT2D eigenvalue weighted by Crippen LogP contribution is 2.12. The lowest BCUT2D eigenvalue weighted by Crippen LogP contribution is -2.45. The maximum absolute atomic E-state index is 12.3. The third-order valence-electron chi connectivity index (χ3n) is 8.49. The number of carbonyl (C=O) groups is 1. The minimum Gasteiger partial charge on any atom is -0.394 e. The molecule has 0 aromatic heterocycles. The molecular formula is C47H77NO3. The first-order valence-corrected chi connectivity index (χ1v) is 20.6. The van der Waals surface area contributed by atoms with Gasteiger partial charge >= 0.3 is 0 Å². The van der Waals surface area contributed by atoms with Crippen molar-refractivity contribution in [3.8, 4) is 0 Å². The molecule has 0 radical (unpaired) electrons. The van der Waals surface area contributed by atoms with Crippen LogP contribution in [0.15, 0.2) is 109 Å². The first-order chi connectivity index (χ1) is 25.2. The maximum Gasteiger partial charge on any atom is 0.220 e. The van der Waals surface area contributed by atoms with Crippen molar-refractivity contribution in [2.75, 3.05) is 6.61 Å². The topological polar surface area (TPSA) is 69.6 Å². The summed E-state index contributed by atoms with van der Waals surface area (Å²) in [6, 6.07) is -0.646. The van der Waals surface area contributed by atoms with Crippen molar-refractivity contribution in [2.45, 2.75) is 174 Å². The highest BCUT2D eigenvalue weighted by Gasteiger charge is 2.17. The summed E-state index contributed by atoms with van der Waals surface area (Å²) in [5.74, 6) is -0.0910. The number of carbonyl (C=O) groups excluding carboxylic acids is 1. The van der Waals surface area contributed by atoms with Gasteiger partial charge in [-0.15, -0.1) is 0 Å². The largest absolute Gasteiger partial charge is 0.394 e. The predicted octanol–water partition coefficient (Wildman–Crippen LogP) is 12.8. The molecule has 0 aliphatic rings. The van der Waals surface area contributed by atoms with E-state index in [0.29, 0.717) is 6.42 Å². The molecule has 0 fully saturated rings. The summed E-state index contributed by atoms with van der Waals surface area (Å²) < 4.78 is 0. The Kier molecular flexibility index (Phi) is 39.1. The van der Waals surface area contributed by atoms with Crippen molar-refractivity contribution >= 4 is 5.91 Å². The molecular weight excluding hydrogens is 627 g/mol. The second-order valence-electron chi connectivity index (χ2n) is 13.3. The molecule has 0 heterocycles. The van der Waals surface area contributed by atoms with Crippen LogP contribution in [0.3, 0.4) is 0 Å². The standard InChI is InChI=1S/C47H77NO3/c1-3-5-7-9-11-13-14-15-16-17-18-19-20-21-22-23-24-25-26-27-28-29-30-31-32-33-34-35-37-39-41-43-47(51)48-45(44-49)46(50)42-40-38-36-12-10-8-6-4-2/h5,7,10-13,15-16,18-19,21-22,24-25,27-28,40,42,45-46,49-50H,3-4,6,8-9,14,17,20,23,26,29-39,41,43-44H2,1-2H3,(H,48,51)/b7-5-,12-10+,13-11-,16-15-,19-18-,22-21-,25-24-,28-27-,42-40+. The molecule has 0 aromatic carbocycles. The van der Waals surface area contributed by atoms with Gasteiger partial charge < -0.3 is 15.5 Å². The number of hydrogen-bond acceptors (Lipinski definition) is 3. The molecule has 3 N–H and O–H groups in total. The van der Waals surface area contributed by atoms with Gasteiger partial charge in [0.25, 0.3) is 0 Å². The van der Waals surface area contributed by atoms with E-state index in [9.17, 15) is 15.0 Å². The Morgan fingerprint density at radius 2 is 0.882 bits per heavy atom. The van der Waals surface area contributed by atoms with Gasteiger partial charge in [0.2, 0.25) is 5.91 Å². The van der Waals surface area contributed by atoms with Crippen molar-refractivity contribution in [3.63, 3.8) is 0 Å². The molecule has 0 aromatic rings. The number of hydrogen-bond donors (Lipinski definition) is 3. The lowest BCUT2D eigenvalue weighted by Gasteiger charge is -2.19. The number of nitrogens with one attached hydrogen (secondary N) is 1. The van der Waals surface area contributed by atoms with Gasteiger partial charge in [0.05, 0.1) is 18.8 Å². The zero-order valence-electron chi connectivity index (χ0n) is 32.8. The summed E-state index contributed by atoms with van der Waals surface area (Å²) in [6.45, 7) is 4.08. The van der Waals surface area contributed by atoms with Crippen LogP contribution in [0.4, 0.5) is 0 Å². The lowest BCUT2D eigenvalue weighted by molar-refractivity contribution is -0.123. The van der Waals surface area contributed by atoms with Gasteiger partial charge in [-0.25, -0.2) is 0 Å². The number of allylic oxidation sites excluding steroid dienone is 17. The Labute approximate surface area is 315 Å². The molecule has 0 saturated carbocycles. The first kappa shape index (κ1) is 48.0. The van der Waals surface area contributed by atoms with Crippen molar-refractivity contribution in [1.82, 2.24) is 5.32 Å². The SMILES string of the molecule is CC/C=C\C/C=C\C/C=C\C/C=C\C/C=C\C/C=C\C/C=C\CCCCCCCCCCCC(=O)NC(CO)C(O)/C=C/CC/C=C/CCCC. The van der Waals surface area contributed by atoms with E-state index in [1.54, 1.807) is 6.08 Å². The monoisotopic (exact) mass is 704 g/mol. The summed E-state index contributed by atoms with van der Waals surface area (Å²) in [5, 5.41) is 22.7. The molecule has 51 heavy (non-hydrogen) atoms. The minimum absolute atomic E-state index is 0.0910. The number of amides is 1. The molecule has 0 bridgehead atoms. The average Bonchev–Trinajstić information content (AvgIpc) is 3.13. The summed E-state index contributed by atoms with van der Waals surface area (Å²) in [4.78, 5) is 12.3. The van der Waals surface area contributed by atoms with Crippen LogP contribution in [0.2, 0.25) is 0 Å². The zero-order valence-corrected chi connectivity index (χ0v) is 32.8. The molecule has 288 valence electrons. The maximum atomic E-state index is 12.3.